The molecule has 0 aromatic heterocycles. The number of aliphatic hydroxyl groups is 1. The zero-order valence-electron chi connectivity index (χ0n) is 9.04. The minimum absolute atomic E-state index is 0.522. The predicted octanol–water partition coefficient (Wildman–Crippen LogP) is 1.01. The average Bonchev–Trinajstić information content (AvgIpc) is 2.61. The van der Waals surface area contributed by atoms with Crippen LogP contribution in [-0.2, 0) is 4.74 Å². The van der Waals surface area contributed by atoms with Gasteiger partial charge in [-0.25, -0.2) is 0 Å². The van der Waals surface area contributed by atoms with Crippen LogP contribution < -0.4 is 0 Å². The molecule has 0 bridgehead atoms. The topological polar surface area (TPSA) is 32.7 Å². The van der Waals surface area contributed by atoms with E-state index in [1.165, 1.54) is 19.4 Å². The summed E-state index contributed by atoms with van der Waals surface area (Å²) in [6.07, 6.45) is 4.35. The smallest absolute Gasteiger partial charge is 0.0907 e. The molecule has 2 atom stereocenters. The highest BCUT2D eigenvalue weighted by molar-refractivity contribution is 4.94. The Kier molecular flexibility index (Phi) is 3.10. The summed E-state index contributed by atoms with van der Waals surface area (Å²) in [6.45, 7) is 5.49. The van der Waals surface area contributed by atoms with Crippen molar-refractivity contribution in [3.05, 3.63) is 0 Å². The highest BCUT2D eigenvalue weighted by atomic mass is 16.5. The van der Waals surface area contributed by atoms with E-state index in [9.17, 15) is 5.11 Å². The van der Waals surface area contributed by atoms with Crippen molar-refractivity contribution in [3.8, 4) is 0 Å². The van der Waals surface area contributed by atoms with Crippen LogP contribution in [0.3, 0.4) is 0 Å². The maximum absolute atomic E-state index is 10.3. The van der Waals surface area contributed by atoms with Crippen molar-refractivity contribution in [2.75, 3.05) is 26.3 Å². The van der Waals surface area contributed by atoms with Crippen molar-refractivity contribution < 1.29 is 9.84 Å². The first-order valence-corrected chi connectivity index (χ1v) is 5.78. The standard InChI is InChI=1S/C11H21NO2/c1-2-14-9-11(13)5-7-12-6-3-4-10(12)8-11/h10,13H,2-9H2,1H3. The van der Waals surface area contributed by atoms with E-state index >= 15 is 0 Å². The van der Waals surface area contributed by atoms with Crippen molar-refractivity contribution in [1.82, 2.24) is 4.90 Å². The van der Waals surface area contributed by atoms with Crippen LogP contribution in [0.15, 0.2) is 0 Å². The van der Waals surface area contributed by atoms with Crippen molar-refractivity contribution in [3.63, 3.8) is 0 Å². The third kappa shape index (κ3) is 2.10. The van der Waals surface area contributed by atoms with E-state index in [-0.39, 0.29) is 0 Å². The Hall–Kier alpha value is -0.120. The van der Waals surface area contributed by atoms with Gasteiger partial charge in [-0.15, -0.1) is 0 Å². The summed E-state index contributed by atoms with van der Waals surface area (Å²) in [7, 11) is 0. The lowest BCUT2D eigenvalue weighted by atomic mass is 9.87. The molecule has 2 fully saturated rings. The van der Waals surface area contributed by atoms with Crippen molar-refractivity contribution in [1.29, 1.82) is 0 Å². The third-order valence-electron chi connectivity index (χ3n) is 3.55. The van der Waals surface area contributed by atoms with Crippen LogP contribution >= 0.6 is 0 Å². The second-order valence-corrected chi connectivity index (χ2v) is 4.65. The van der Waals surface area contributed by atoms with Gasteiger partial charge in [0.15, 0.2) is 0 Å². The Morgan fingerprint density at radius 2 is 2.36 bits per heavy atom. The first kappa shape index (κ1) is 10.4. The summed E-state index contributed by atoms with van der Waals surface area (Å²) >= 11 is 0. The van der Waals surface area contributed by atoms with E-state index in [1.54, 1.807) is 0 Å². The highest BCUT2D eigenvalue weighted by Gasteiger charge is 2.40. The van der Waals surface area contributed by atoms with Gasteiger partial charge in [-0.1, -0.05) is 0 Å². The van der Waals surface area contributed by atoms with Crippen LogP contribution in [-0.4, -0.2) is 48.0 Å². The normalized spacial score (nSPS) is 38.6. The van der Waals surface area contributed by atoms with Gasteiger partial charge in [-0.2, -0.15) is 0 Å². The minimum Gasteiger partial charge on any atom is -0.387 e. The highest BCUT2D eigenvalue weighted by Crippen LogP contribution is 2.33. The molecule has 2 saturated heterocycles. The summed E-state index contributed by atoms with van der Waals surface area (Å²) in [5.41, 5.74) is -0.540. The number of rotatable bonds is 3. The summed E-state index contributed by atoms with van der Waals surface area (Å²) in [5, 5.41) is 10.3. The van der Waals surface area contributed by atoms with Gasteiger partial charge in [-0.3, -0.25) is 0 Å². The molecule has 0 spiro atoms. The molecular formula is C11H21NO2. The molecule has 1 N–H and O–H groups in total. The largest absolute Gasteiger partial charge is 0.387 e. The summed E-state index contributed by atoms with van der Waals surface area (Å²) in [5.74, 6) is 0. The molecule has 14 heavy (non-hydrogen) atoms. The Labute approximate surface area is 86.0 Å². The second kappa shape index (κ2) is 4.17. The van der Waals surface area contributed by atoms with Crippen molar-refractivity contribution in [2.24, 2.45) is 0 Å². The monoisotopic (exact) mass is 199 g/mol. The van der Waals surface area contributed by atoms with E-state index in [0.29, 0.717) is 19.3 Å². The van der Waals surface area contributed by atoms with Crippen LogP contribution in [0.5, 0.6) is 0 Å². The number of fused-ring (bicyclic) bond motifs is 1. The van der Waals surface area contributed by atoms with Gasteiger partial charge in [0.25, 0.3) is 0 Å². The lowest BCUT2D eigenvalue weighted by Gasteiger charge is -2.40. The maximum atomic E-state index is 10.3. The van der Waals surface area contributed by atoms with E-state index in [0.717, 1.165) is 19.4 Å². The van der Waals surface area contributed by atoms with Gasteiger partial charge >= 0.3 is 0 Å². The van der Waals surface area contributed by atoms with Gasteiger partial charge in [0.2, 0.25) is 0 Å². The molecule has 3 nitrogen and oxygen atoms in total. The molecule has 2 aliphatic heterocycles. The fourth-order valence-corrected chi connectivity index (χ4v) is 2.74. The summed E-state index contributed by atoms with van der Waals surface area (Å²) < 4.78 is 5.36. The van der Waals surface area contributed by atoms with Crippen LogP contribution in [0.25, 0.3) is 0 Å². The lowest BCUT2D eigenvalue weighted by Crippen LogP contribution is -2.50. The van der Waals surface area contributed by atoms with Crippen LogP contribution in [0.2, 0.25) is 0 Å². The zero-order chi connectivity index (χ0) is 10.0. The third-order valence-corrected chi connectivity index (χ3v) is 3.55. The van der Waals surface area contributed by atoms with Crippen LogP contribution in [0.4, 0.5) is 0 Å². The van der Waals surface area contributed by atoms with Gasteiger partial charge in [-0.05, 0) is 39.2 Å². The molecule has 0 aromatic rings. The van der Waals surface area contributed by atoms with E-state index in [4.69, 9.17) is 4.74 Å². The van der Waals surface area contributed by atoms with Gasteiger partial charge in [0, 0.05) is 19.2 Å². The SMILES string of the molecule is CCOCC1(O)CCN2CCCC2C1. The molecule has 3 heteroatoms. The number of hydrogen-bond donors (Lipinski definition) is 1. The van der Waals surface area contributed by atoms with E-state index in [1.807, 2.05) is 6.92 Å². The molecule has 82 valence electrons. The van der Waals surface area contributed by atoms with Gasteiger partial charge < -0.3 is 14.7 Å². The fraction of sp³-hybridized carbons (Fsp3) is 1.00. The number of hydrogen-bond acceptors (Lipinski definition) is 3. The molecule has 2 rings (SSSR count). The molecule has 0 radical (unpaired) electrons. The van der Waals surface area contributed by atoms with Crippen LogP contribution in [0.1, 0.15) is 32.6 Å². The molecule has 2 heterocycles. The predicted molar refractivity (Wildman–Crippen MR) is 55.3 cm³/mol. The molecular weight excluding hydrogens is 178 g/mol. The zero-order valence-corrected chi connectivity index (χ0v) is 9.04. The molecule has 0 amide bonds. The van der Waals surface area contributed by atoms with Crippen LogP contribution in [0, 0.1) is 0 Å². The number of piperidine rings is 1. The van der Waals surface area contributed by atoms with E-state index < -0.39 is 5.60 Å². The second-order valence-electron chi connectivity index (χ2n) is 4.65. The fourth-order valence-electron chi connectivity index (χ4n) is 2.74. The number of nitrogens with zero attached hydrogens (tertiary/aromatic N) is 1. The summed E-state index contributed by atoms with van der Waals surface area (Å²) in [6, 6.07) is 0.620. The lowest BCUT2D eigenvalue weighted by molar-refractivity contribution is -0.0891. The van der Waals surface area contributed by atoms with Gasteiger partial charge in [0.1, 0.15) is 0 Å². The Bertz CT molecular complexity index is 198. The maximum Gasteiger partial charge on any atom is 0.0907 e. The Morgan fingerprint density at radius 3 is 3.14 bits per heavy atom. The van der Waals surface area contributed by atoms with E-state index in [2.05, 4.69) is 4.90 Å². The average molecular weight is 199 g/mol. The first-order valence-electron chi connectivity index (χ1n) is 5.78. The Balaban J connectivity index is 1.89. The van der Waals surface area contributed by atoms with Crippen molar-refractivity contribution >= 4 is 0 Å². The molecule has 0 aliphatic carbocycles. The summed E-state index contributed by atoms with van der Waals surface area (Å²) in [4.78, 5) is 2.51. The Morgan fingerprint density at radius 1 is 1.50 bits per heavy atom. The molecule has 2 aliphatic rings. The molecule has 0 aromatic carbocycles. The van der Waals surface area contributed by atoms with Crippen molar-refractivity contribution in [2.45, 2.75) is 44.2 Å². The quantitative estimate of drug-likeness (QED) is 0.736. The number of ether oxygens (including phenoxy) is 1. The first-order chi connectivity index (χ1) is 6.73. The van der Waals surface area contributed by atoms with Gasteiger partial charge in [0.05, 0.1) is 12.2 Å². The molecule has 0 saturated carbocycles. The minimum atomic E-state index is -0.540. The molecule has 2 unspecified atom stereocenters.